The van der Waals surface area contributed by atoms with Crippen LogP contribution in [0, 0.1) is 0 Å². The summed E-state index contributed by atoms with van der Waals surface area (Å²) in [5, 5.41) is 13.6. The molecule has 0 saturated carbocycles. The quantitative estimate of drug-likeness (QED) is 0.544. The molecule has 0 radical (unpaired) electrons. The molecule has 1 fully saturated rings. The van der Waals surface area contributed by atoms with Gasteiger partial charge < -0.3 is 24.9 Å². The fourth-order valence-electron chi connectivity index (χ4n) is 2.95. The van der Waals surface area contributed by atoms with Crippen molar-refractivity contribution in [3.8, 4) is 5.75 Å². The number of morpholine rings is 1. The molecule has 1 aromatic heterocycles. The molecule has 142 valence electrons. The van der Waals surface area contributed by atoms with Crippen LogP contribution in [-0.2, 0) is 17.7 Å². The molecule has 26 heavy (non-hydrogen) atoms. The van der Waals surface area contributed by atoms with Gasteiger partial charge in [-0.2, -0.15) is 0 Å². The number of aromatic nitrogens is 2. The monoisotopic (exact) mass is 360 g/mol. The van der Waals surface area contributed by atoms with Crippen molar-refractivity contribution in [1.29, 1.82) is 0 Å². The van der Waals surface area contributed by atoms with E-state index in [1.165, 1.54) is 0 Å². The van der Waals surface area contributed by atoms with Crippen molar-refractivity contribution in [2.45, 2.75) is 19.1 Å². The third kappa shape index (κ3) is 6.42. The smallest absolute Gasteiger partial charge is 0.119 e. The Hall–Kier alpha value is -1.93. The highest BCUT2D eigenvalue weighted by Gasteiger charge is 2.15. The van der Waals surface area contributed by atoms with Crippen LogP contribution in [0.5, 0.6) is 5.75 Å². The van der Waals surface area contributed by atoms with Gasteiger partial charge in [0.2, 0.25) is 0 Å². The fraction of sp³-hybridized carbons (Fsp3) is 0.526. The molecule has 2 aromatic rings. The van der Waals surface area contributed by atoms with Crippen LogP contribution in [0.1, 0.15) is 11.3 Å². The van der Waals surface area contributed by atoms with Crippen LogP contribution in [0.3, 0.4) is 0 Å². The van der Waals surface area contributed by atoms with Gasteiger partial charge in [-0.05, 0) is 17.7 Å². The third-order valence-electron chi connectivity index (χ3n) is 4.37. The number of β-amino-alcohol motifs (C(OH)–C–C–N with tert-alkyl or cyclic N) is 1. The van der Waals surface area contributed by atoms with Gasteiger partial charge in [0.05, 0.1) is 19.5 Å². The summed E-state index contributed by atoms with van der Waals surface area (Å²) in [5.41, 5.74) is 2.29. The predicted octanol–water partition coefficient (Wildman–Crippen LogP) is 0.814. The molecule has 0 spiro atoms. The van der Waals surface area contributed by atoms with Gasteiger partial charge in [-0.1, -0.05) is 12.1 Å². The Bertz CT molecular complexity index is 629. The van der Waals surface area contributed by atoms with Gasteiger partial charge in [0.25, 0.3) is 0 Å². The number of aliphatic hydroxyl groups excluding tert-OH is 1. The van der Waals surface area contributed by atoms with Gasteiger partial charge in [-0.15, -0.1) is 0 Å². The molecule has 1 aliphatic rings. The number of aliphatic hydroxyl groups is 1. The van der Waals surface area contributed by atoms with Crippen molar-refractivity contribution in [2.24, 2.45) is 0 Å². The highest BCUT2D eigenvalue weighted by atomic mass is 16.5. The highest BCUT2D eigenvalue weighted by molar-refractivity contribution is 5.28. The van der Waals surface area contributed by atoms with Crippen LogP contribution < -0.4 is 10.1 Å². The molecular formula is C19H28N4O3. The number of imidazole rings is 1. The second-order valence-corrected chi connectivity index (χ2v) is 6.53. The molecule has 0 aliphatic carbocycles. The van der Waals surface area contributed by atoms with Gasteiger partial charge in [0.15, 0.2) is 0 Å². The maximum absolute atomic E-state index is 10.2. The average Bonchev–Trinajstić information content (AvgIpc) is 3.18. The number of H-pyrrole nitrogens is 1. The molecule has 7 heteroatoms. The van der Waals surface area contributed by atoms with Crippen molar-refractivity contribution >= 4 is 0 Å². The number of benzene rings is 1. The first-order valence-electron chi connectivity index (χ1n) is 9.17. The number of hydrogen-bond donors (Lipinski definition) is 3. The topological polar surface area (TPSA) is 82.6 Å². The summed E-state index contributed by atoms with van der Waals surface area (Å²) in [5.74, 6) is 0.791. The lowest BCUT2D eigenvalue weighted by Crippen LogP contribution is -2.42. The molecule has 7 nitrogen and oxygen atoms in total. The number of hydrogen-bond acceptors (Lipinski definition) is 6. The van der Waals surface area contributed by atoms with E-state index in [0.717, 1.165) is 62.8 Å². The summed E-state index contributed by atoms with van der Waals surface area (Å²) in [7, 11) is 0. The van der Waals surface area contributed by atoms with Gasteiger partial charge in [0, 0.05) is 51.0 Å². The van der Waals surface area contributed by atoms with Gasteiger partial charge in [-0.3, -0.25) is 4.90 Å². The van der Waals surface area contributed by atoms with E-state index in [4.69, 9.17) is 9.47 Å². The Kier molecular flexibility index (Phi) is 7.45. The minimum Gasteiger partial charge on any atom is -0.491 e. The number of rotatable bonds is 10. The van der Waals surface area contributed by atoms with Crippen LogP contribution in [0.25, 0.3) is 0 Å². The van der Waals surface area contributed by atoms with E-state index in [2.05, 4.69) is 26.3 Å². The van der Waals surface area contributed by atoms with Crippen molar-refractivity contribution in [1.82, 2.24) is 20.2 Å². The number of nitrogens with zero attached hydrogens (tertiary/aromatic N) is 2. The summed E-state index contributed by atoms with van der Waals surface area (Å²) >= 11 is 0. The third-order valence-corrected chi connectivity index (χ3v) is 4.37. The minimum absolute atomic E-state index is 0.300. The van der Waals surface area contributed by atoms with E-state index in [1.807, 2.05) is 24.4 Å². The second kappa shape index (κ2) is 10.3. The van der Waals surface area contributed by atoms with Crippen molar-refractivity contribution in [3.05, 3.63) is 48.0 Å². The molecule has 3 N–H and O–H groups in total. The molecular weight excluding hydrogens is 332 g/mol. The zero-order valence-electron chi connectivity index (χ0n) is 15.1. The van der Waals surface area contributed by atoms with E-state index in [1.54, 1.807) is 6.33 Å². The largest absolute Gasteiger partial charge is 0.491 e. The van der Waals surface area contributed by atoms with E-state index in [-0.39, 0.29) is 0 Å². The summed E-state index contributed by atoms with van der Waals surface area (Å²) in [4.78, 5) is 9.31. The van der Waals surface area contributed by atoms with E-state index in [9.17, 15) is 5.11 Å². The average molecular weight is 360 g/mol. The Labute approximate surface area is 154 Å². The number of nitrogens with one attached hydrogen (secondary N) is 2. The Morgan fingerprint density at radius 1 is 1.35 bits per heavy atom. The van der Waals surface area contributed by atoms with Crippen LogP contribution in [0.15, 0.2) is 36.8 Å². The molecule has 1 aliphatic heterocycles. The van der Waals surface area contributed by atoms with Crippen molar-refractivity contribution < 1.29 is 14.6 Å². The molecule has 0 amide bonds. The summed E-state index contributed by atoms with van der Waals surface area (Å²) in [6.07, 6.45) is 3.97. The zero-order valence-corrected chi connectivity index (χ0v) is 15.1. The molecule has 0 bridgehead atoms. The Morgan fingerprint density at radius 3 is 3.04 bits per heavy atom. The molecule has 1 aromatic carbocycles. The summed E-state index contributed by atoms with van der Waals surface area (Å²) in [6, 6.07) is 8.00. The molecule has 1 saturated heterocycles. The standard InChI is InChI=1S/C19H28N4O3/c24-18(13-23-6-8-25-9-7-23)14-26-19-3-1-2-16(10-19)11-20-5-4-17-12-21-15-22-17/h1-3,10,12,15,18,20,24H,4-9,11,13-14H2,(H,21,22). The normalized spacial score (nSPS) is 16.5. The van der Waals surface area contributed by atoms with Gasteiger partial charge in [-0.25, -0.2) is 4.98 Å². The lowest BCUT2D eigenvalue weighted by atomic mass is 10.2. The first-order chi connectivity index (χ1) is 12.8. The molecule has 3 rings (SSSR count). The van der Waals surface area contributed by atoms with Crippen LogP contribution in [-0.4, -0.2) is 72.1 Å². The lowest BCUT2D eigenvalue weighted by Gasteiger charge is -2.28. The molecule has 2 heterocycles. The van der Waals surface area contributed by atoms with Gasteiger partial charge >= 0.3 is 0 Å². The Balaban J connectivity index is 1.36. The van der Waals surface area contributed by atoms with Crippen LogP contribution in [0.4, 0.5) is 0 Å². The lowest BCUT2D eigenvalue weighted by molar-refractivity contribution is 0.00465. The maximum Gasteiger partial charge on any atom is 0.119 e. The fourth-order valence-corrected chi connectivity index (χ4v) is 2.95. The summed E-state index contributed by atoms with van der Waals surface area (Å²) in [6.45, 7) is 5.80. The second-order valence-electron chi connectivity index (χ2n) is 6.53. The van der Waals surface area contributed by atoms with E-state index in [0.29, 0.717) is 13.2 Å². The predicted molar refractivity (Wildman–Crippen MR) is 99.2 cm³/mol. The number of ether oxygens (including phenoxy) is 2. The van der Waals surface area contributed by atoms with Gasteiger partial charge in [0.1, 0.15) is 18.5 Å². The zero-order chi connectivity index (χ0) is 18.0. The Morgan fingerprint density at radius 2 is 2.23 bits per heavy atom. The first kappa shape index (κ1) is 18.8. The van der Waals surface area contributed by atoms with E-state index < -0.39 is 6.10 Å². The molecule has 1 atom stereocenters. The maximum atomic E-state index is 10.2. The van der Waals surface area contributed by atoms with Crippen molar-refractivity contribution in [3.63, 3.8) is 0 Å². The van der Waals surface area contributed by atoms with Crippen LogP contribution >= 0.6 is 0 Å². The highest BCUT2D eigenvalue weighted by Crippen LogP contribution is 2.14. The molecule has 1 unspecified atom stereocenters. The number of aromatic amines is 1. The summed E-state index contributed by atoms with van der Waals surface area (Å²) < 4.78 is 11.1. The van der Waals surface area contributed by atoms with E-state index >= 15 is 0 Å². The van der Waals surface area contributed by atoms with Crippen LogP contribution in [0.2, 0.25) is 0 Å². The SMILES string of the molecule is OC(COc1cccc(CNCCc2cnc[nH]2)c1)CN1CCOCC1. The first-order valence-corrected chi connectivity index (χ1v) is 9.17. The minimum atomic E-state index is -0.496. The van der Waals surface area contributed by atoms with Crippen molar-refractivity contribution in [2.75, 3.05) is 46.0 Å².